The second-order valence-electron chi connectivity index (χ2n) is 4.99. The van der Waals surface area contributed by atoms with E-state index in [0.717, 1.165) is 13.0 Å². The molecule has 5 nitrogen and oxygen atoms in total. The fraction of sp³-hybridized carbons (Fsp3) is 0.467. The summed E-state index contributed by atoms with van der Waals surface area (Å²) in [6, 6.07) is 10.5. The Bertz CT molecular complexity index is 513. The third kappa shape index (κ3) is 4.15. The zero-order valence-corrected chi connectivity index (χ0v) is 12.0. The van der Waals surface area contributed by atoms with Crippen molar-refractivity contribution < 1.29 is 9.63 Å². The Morgan fingerprint density at radius 1 is 1.25 bits per heavy atom. The molecule has 0 aliphatic rings. The zero-order valence-electron chi connectivity index (χ0n) is 12.0. The highest BCUT2D eigenvalue weighted by Crippen LogP contribution is 2.14. The molecule has 2 rings (SSSR count). The molecule has 1 N–H and O–H groups in total. The van der Waals surface area contributed by atoms with Crippen molar-refractivity contribution in [2.24, 2.45) is 0 Å². The highest BCUT2D eigenvalue weighted by atomic mass is 16.5. The van der Waals surface area contributed by atoms with Crippen molar-refractivity contribution >= 4 is 0 Å². The number of hydrogen-bond acceptors (Lipinski definition) is 5. The van der Waals surface area contributed by atoms with Crippen molar-refractivity contribution in [3.8, 4) is 0 Å². The van der Waals surface area contributed by atoms with Crippen molar-refractivity contribution in [1.82, 2.24) is 15.0 Å². The van der Waals surface area contributed by atoms with Crippen LogP contribution in [0.15, 0.2) is 34.9 Å². The lowest BCUT2D eigenvalue weighted by atomic mass is 10.1. The topological polar surface area (TPSA) is 62.4 Å². The predicted molar refractivity (Wildman–Crippen MR) is 75.9 cm³/mol. The van der Waals surface area contributed by atoms with E-state index in [1.807, 2.05) is 25.1 Å². The van der Waals surface area contributed by atoms with Gasteiger partial charge in [0.25, 0.3) is 0 Å². The van der Waals surface area contributed by atoms with Crippen LogP contribution in [0.5, 0.6) is 0 Å². The average Bonchev–Trinajstić information content (AvgIpc) is 2.85. The first-order valence-electron chi connectivity index (χ1n) is 6.87. The molecule has 1 unspecified atom stereocenters. The SMILES string of the molecule is Cc1noc(CN(Cc2ccccc2)C(C)CCO)n1. The molecule has 0 radical (unpaired) electrons. The predicted octanol–water partition coefficient (Wildman–Crippen LogP) is 2.15. The second-order valence-corrected chi connectivity index (χ2v) is 4.99. The van der Waals surface area contributed by atoms with E-state index in [1.165, 1.54) is 5.56 Å². The minimum Gasteiger partial charge on any atom is -0.396 e. The van der Waals surface area contributed by atoms with Gasteiger partial charge in [-0.3, -0.25) is 4.90 Å². The Labute approximate surface area is 119 Å². The van der Waals surface area contributed by atoms with E-state index >= 15 is 0 Å². The molecule has 1 aromatic heterocycles. The average molecular weight is 275 g/mol. The first-order chi connectivity index (χ1) is 9.69. The van der Waals surface area contributed by atoms with Gasteiger partial charge >= 0.3 is 0 Å². The largest absolute Gasteiger partial charge is 0.396 e. The van der Waals surface area contributed by atoms with Gasteiger partial charge in [-0.2, -0.15) is 4.98 Å². The molecule has 0 bridgehead atoms. The lowest BCUT2D eigenvalue weighted by Crippen LogP contribution is -2.33. The first kappa shape index (κ1) is 14.7. The van der Waals surface area contributed by atoms with E-state index in [2.05, 4.69) is 34.1 Å². The quantitative estimate of drug-likeness (QED) is 0.839. The van der Waals surface area contributed by atoms with E-state index in [1.54, 1.807) is 0 Å². The number of aromatic nitrogens is 2. The van der Waals surface area contributed by atoms with Crippen LogP contribution in [0.2, 0.25) is 0 Å². The summed E-state index contributed by atoms with van der Waals surface area (Å²) in [5.74, 6) is 1.26. The lowest BCUT2D eigenvalue weighted by Gasteiger charge is -2.27. The van der Waals surface area contributed by atoms with E-state index in [4.69, 9.17) is 9.63 Å². The van der Waals surface area contributed by atoms with Crippen LogP contribution < -0.4 is 0 Å². The maximum Gasteiger partial charge on any atom is 0.240 e. The number of aryl methyl sites for hydroxylation is 1. The summed E-state index contributed by atoms with van der Waals surface area (Å²) in [6.07, 6.45) is 0.722. The molecular formula is C15H21N3O2. The number of aliphatic hydroxyl groups excluding tert-OH is 1. The van der Waals surface area contributed by atoms with Gasteiger partial charge < -0.3 is 9.63 Å². The van der Waals surface area contributed by atoms with Gasteiger partial charge in [0.15, 0.2) is 5.82 Å². The summed E-state index contributed by atoms with van der Waals surface area (Å²) in [5, 5.41) is 13.0. The molecule has 1 heterocycles. The maximum absolute atomic E-state index is 9.14. The molecule has 1 atom stereocenters. The summed E-state index contributed by atoms with van der Waals surface area (Å²) < 4.78 is 5.20. The number of rotatable bonds is 7. The fourth-order valence-corrected chi connectivity index (χ4v) is 2.13. The molecule has 2 aromatic rings. The highest BCUT2D eigenvalue weighted by Gasteiger charge is 2.17. The van der Waals surface area contributed by atoms with Gasteiger partial charge in [-0.25, -0.2) is 0 Å². The van der Waals surface area contributed by atoms with Gasteiger partial charge in [0, 0.05) is 19.2 Å². The molecule has 108 valence electrons. The third-order valence-electron chi connectivity index (χ3n) is 3.31. The Kier molecular flexibility index (Phi) is 5.26. The highest BCUT2D eigenvalue weighted by molar-refractivity contribution is 5.14. The van der Waals surface area contributed by atoms with Gasteiger partial charge in [0.05, 0.1) is 6.54 Å². The van der Waals surface area contributed by atoms with Crippen molar-refractivity contribution in [2.75, 3.05) is 6.61 Å². The van der Waals surface area contributed by atoms with Gasteiger partial charge in [-0.1, -0.05) is 35.5 Å². The lowest BCUT2D eigenvalue weighted by molar-refractivity contribution is 0.137. The number of nitrogens with zero attached hydrogens (tertiary/aromatic N) is 3. The molecular weight excluding hydrogens is 254 g/mol. The minimum atomic E-state index is 0.176. The molecule has 0 aliphatic heterocycles. The Balaban J connectivity index is 2.07. The third-order valence-corrected chi connectivity index (χ3v) is 3.31. The summed E-state index contributed by atoms with van der Waals surface area (Å²) in [6.45, 7) is 5.48. The normalized spacial score (nSPS) is 12.8. The summed E-state index contributed by atoms with van der Waals surface area (Å²) >= 11 is 0. The van der Waals surface area contributed by atoms with Crippen LogP contribution in [0.1, 0.15) is 30.6 Å². The van der Waals surface area contributed by atoms with Gasteiger partial charge in [-0.05, 0) is 25.8 Å². The van der Waals surface area contributed by atoms with Crippen molar-refractivity contribution in [1.29, 1.82) is 0 Å². The van der Waals surface area contributed by atoms with Crippen LogP contribution in [0.4, 0.5) is 0 Å². The number of benzene rings is 1. The minimum absolute atomic E-state index is 0.176. The first-order valence-corrected chi connectivity index (χ1v) is 6.87. The van der Waals surface area contributed by atoms with Crippen LogP contribution in [-0.4, -0.2) is 32.8 Å². The van der Waals surface area contributed by atoms with Gasteiger partial charge in [0.2, 0.25) is 5.89 Å². The summed E-state index contributed by atoms with van der Waals surface area (Å²) in [4.78, 5) is 6.49. The van der Waals surface area contributed by atoms with E-state index in [0.29, 0.717) is 18.3 Å². The van der Waals surface area contributed by atoms with Crippen molar-refractivity contribution in [3.05, 3.63) is 47.6 Å². The summed E-state index contributed by atoms with van der Waals surface area (Å²) in [5.41, 5.74) is 1.23. The fourth-order valence-electron chi connectivity index (χ4n) is 2.13. The molecule has 1 aromatic carbocycles. The van der Waals surface area contributed by atoms with Crippen molar-refractivity contribution in [3.63, 3.8) is 0 Å². The van der Waals surface area contributed by atoms with Crippen molar-refractivity contribution in [2.45, 2.75) is 39.4 Å². The molecule has 0 aliphatic carbocycles. The molecule has 0 spiro atoms. The molecule has 20 heavy (non-hydrogen) atoms. The Morgan fingerprint density at radius 3 is 2.60 bits per heavy atom. The number of hydrogen-bond donors (Lipinski definition) is 1. The van der Waals surface area contributed by atoms with Crippen LogP contribution in [0.25, 0.3) is 0 Å². The van der Waals surface area contributed by atoms with Gasteiger partial charge in [0.1, 0.15) is 0 Å². The maximum atomic E-state index is 9.14. The van der Waals surface area contributed by atoms with E-state index in [-0.39, 0.29) is 12.6 Å². The number of aliphatic hydroxyl groups is 1. The van der Waals surface area contributed by atoms with Gasteiger partial charge in [-0.15, -0.1) is 0 Å². The summed E-state index contributed by atoms with van der Waals surface area (Å²) in [7, 11) is 0. The second kappa shape index (κ2) is 7.17. The van der Waals surface area contributed by atoms with Crippen LogP contribution in [-0.2, 0) is 13.1 Å². The van der Waals surface area contributed by atoms with Crippen LogP contribution >= 0.6 is 0 Å². The Hall–Kier alpha value is -1.72. The smallest absolute Gasteiger partial charge is 0.240 e. The standard InChI is InChI=1S/C15H21N3O2/c1-12(8-9-19)18(10-14-6-4-3-5-7-14)11-15-16-13(2)17-20-15/h3-7,12,19H,8-11H2,1-2H3. The zero-order chi connectivity index (χ0) is 14.4. The van der Waals surface area contributed by atoms with Crippen LogP contribution in [0.3, 0.4) is 0 Å². The monoisotopic (exact) mass is 275 g/mol. The van der Waals surface area contributed by atoms with Crippen LogP contribution in [0, 0.1) is 6.92 Å². The molecule has 0 saturated heterocycles. The molecule has 5 heteroatoms. The molecule has 0 fully saturated rings. The Morgan fingerprint density at radius 2 is 2.00 bits per heavy atom. The molecule has 0 saturated carbocycles. The molecule has 0 amide bonds. The van der Waals surface area contributed by atoms with E-state index in [9.17, 15) is 0 Å². The van der Waals surface area contributed by atoms with E-state index < -0.39 is 0 Å².